The minimum absolute atomic E-state index is 0. The van der Waals surface area contributed by atoms with Crippen LogP contribution in [-0.4, -0.2) is 0 Å². The first-order valence-corrected chi connectivity index (χ1v) is 6.65. The maximum atomic E-state index is 6.40. The maximum Gasteiger partial charge on any atom is 1.00 e. The molecule has 3 heteroatoms. The number of ether oxygens (including phenoxy) is 1. The van der Waals surface area contributed by atoms with E-state index in [1.54, 1.807) is 0 Å². The van der Waals surface area contributed by atoms with E-state index in [9.17, 15) is 0 Å². The molecule has 98 valence electrons. The zero-order valence-corrected chi connectivity index (χ0v) is 13.9. The van der Waals surface area contributed by atoms with Crippen LogP contribution >= 0.6 is 0 Å². The number of fused-ring (bicyclic) bond motifs is 3. The van der Waals surface area contributed by atoms with Gasteiger partial charge in [0.25, 0.3) is 0 Å². The molecule has 0 aromatic heterocycles. The van der Waals surface area contributed by atoms with Crippen LogP contribution in [0.4, 0.5) is 0 Å². The Balaban J connectivity index is 0.00000110. The second-order valence-corrected chi connectivity index (χ2v) is 6.04. The van der Waals surface area contributed by atoms with Crippen LogP contribution < -0.4 is 37.7 Å². The number of hydrogen-bond acceptors (Lipinski definition) is 1. The Kier molecular flexibility index (Phi) is 5.66. The molecule has 1 aliphatic rings. The second-order valence-electron chi connectivity index (χ2n) is 6.04. The summed E-state index contributed by atoms with van der Waals surface area (Å²) in [6.45, 7) is 8.47. The summed E-state index contributed by atoms with van der Waals surface area (Å²) < 4.78 is 6.40. The van der Waals surface area contributed by atoms with Crippen molar-refractivity contribution in [1.29, 1.82) is 0 Å². The third-order valence-corrected chi connectivity index (χ3v) is 3.77. The van der Waals surface area contributed by atoms with E-state index in [1.165, 1.54) is 11.1 Å². The summed E-state index contributed by atoms with van der Waals surface area (Å²) in [6, 6.07) is 18.9. The van der Waals surface area contributed by atoms with Gasteiger partial charge in [-0.2, -0.15) is 24.3 Å². The first-order valence-electron chi connectivity index (χ1n) is 6.65. The van der Waals surface area contributed by atoms with Gasteiger partial charge >= 0.3 is 37.7 Å². The Morgan fingerprint density at radius 3 is 1.52 bits per heavy atom. The summed E-state index contributed by atoms with van der Waals surface area (Å²) in [4.78, 5) is 0. The Bertz CT molecular complexity index is 577. The molecule has 0 amide bonds. The Labute approximate surface area is 151 Å². The van der Waals surface area contributed by atoms with Crippen molar-refractivity contribution in [3.8, 4) is 11.1 Å². The van der Waals surface area contributed by atoms with Gasteiger partial charge in [-0.1, -0.05) is 0 Å². The summed E-state index contributed by atoms with van der Waals surface area (Å²) in [5, 5.41) is 0. The molecule has 3 rings (SSSR count). The molecule has 2 aromatic carbocycles. The number of rotatable bonds is 0. The average molecular weight is 264 g/mol. The van der Waals surface area contributed by atoms with Crippen LogP contribution in [0.15, 0.2) is 36.4 Å². The number of benzene rings is 2. The molecule has 0 unspecified atom stereocenters. The molecule has 0 saturated heterocycles. The molecule has 0 N–H and O–H groups in total. The van der Waals surface area contributed by atoms with E-state index in [4.69, 9.17) is 4.74 Å². The largest absolute Gasteiger partial charge is 1.00 e. The topological polar surface area (TPSA) is 9.23 Å². The zero-order valence-electron chi connectivity index (χ0n) is 13.9. The molecule has 1 heterocycles. The van der Waals surface area contributed by atoms with Crippen LogP contribution in [0, 0.1) is 12.1 Å². The van der Waals surface area contributed by atoms with Gasteiger partial charge in [0, 0.05) is 11.2 Å². The molecule has 0 radical (unpaired) electrons. The molecule has 1 aliphatic heterocycles. The molecule has 0 fully saturated rings. The summed E-state index contributed by atoms with van der Waals surface area (Å²) in [7, 11) is 0. The fraction of sp³-hybridized carbons (Fsp3) is 0.333. The molecule has 0 bridgehead atoms. The van der Waals surface area contributed by atoms with Gasteiger partial charge in [0.05, 0.1) is 0 Å². The molecule has 0 atom stereocenters. The molecule has 0 saturated carbocycles. The molecular formula is C18H18Li2O. The fourth-order valence-corrected chi connectivity index (χ4v) is 3.04. The van der Waals surface area contributed by atoms with Gasteiger partial charge in [-0.05, 0) is 27.7 Å². The third kappa shape index (κ3) is 3.19. The predicted octanol–water partition coefficient (Wildman–Crippen LogP) is -1.54. The maximum absolute atomic E-state index is 6.40. The van der Waals surface area contributed by atoms with Gasteiger partial charge in [0.2, 0.25) is 0 Å². The van der Waals surface area contributed by atoms with E-state index >= 15 is 0 Å². The number of hydrogen-bond donors (Lipinski definition) is 0. The summed E-state index contributed by atoms with van der Waals surface area (Å²) in [5.74, 6) is 0. The van der Waals surface area contributed by atoms with Crippen molar-refractivity contribution < 1.29 is 42.5 Å². The first kappa shape index (κ1) is 18.6. The van der Waals surface area contributed by atoms with Gasteiger partial charge in [0.15, 0.2) is 0 Å². The molecule has 1 nitrogen and oxygen atoms in total. The first-order chi connectivity index (χ1) is 8.92. The minimum Gasteiger partial charge on any atom is -0.381 e. The van der Waals surface area contributed by atoms with Crippen molar-refractivity contribution in [2.45, 2.75) is 38.9 Å². The minimum atomic E-state index is -0.344. The van der Waals surface area contributed by atoms with E-state index in [1.807, 2.05) is 24.3 Å². The standard InChI is InChI=1S/C18H18O.2Li/c1-17(2)15-11-7-5-9-13(15)14-10-6-8-12-16(14)18(3,4)19-17;;/h5-8,11-12H,1-4H3;;/q-2;2*+1. The van der Waals surface area contributed by atoms with Crippen molar-refractivity contribution in [3.63, 3.8) is 0 Å². The van der Waals surface area contributed by atoms with Crippen molar-refractivity contribution in [2.24, 2.45) is 0 Å². The quantitative estimate of drug-likeness (QED) is 0.414. The SMILES string of the molecule is CC1(C)OC(C)(C)c2ccc[c-]c2-c2[c-]cccc21.[Li+].[Li+]. The van der Waals surface area contributed by atoms with Crippen LogP contribution in [0.1, 0.15) is 38.8 Å². The van der Waals surface area contributed by atoms with E-state index < -0.39 is 0 Å². The van der Waals surface area contributed by atoms with Crippen LogP contribution in [0.5, 0.6) is 0 Å². The third-order valence-electron chi connectivity index (χ3n) is 3.77. The van der Waals surface area contributed by atoms with E-state index in [0.717, 1.165) is 11.1 Å². The van der Waals surface area contributed by atoms with Crippen LogP contribution in [0.2, 0.25) is 0 Å². The Morgan fingerprint density at radius 1 is 0.762 bits per heavy atom. The smallest absolute Gasteiger partial charge is 0.381 e. The fourth-order valence-electron chi connectivity index (χ4n) is 3.04. The summed E-state index contributed by atoms with van der Waals surface area (Å²) in [5.41, 5.74) is 3.86. The van der Waals surface area contributed by atoms with Crippen LogP contribution in [-0.2, 0) is 15.9 Å². The van der Waals surface area contributed by atoms with Crippen molar-refractivity contribution >= 4 is 0 Å². The van der Waals surface area contributed by atoms with Crippen LogP contribution in [0.25, 0.3) is 11.1 Å². The summed E-state index contributed by atoms with van der Waals surface area (Å²) in [6.07, 6.45) is 0. The van der Waals surface area contributed by atoms with E-state index in [2.05, 4.69) is 52.0 Å². The van der Waals surface area contributed by atoms with E-state index in [0.29, 0.717) is 0 Å². The second kappa shape index (κ2) is 6.38. The monoisotopic (exact) mass is 264 g/mol. The molecule has 21 heavy (non-hydrogen) atoms. The van der Waals surface area contributed by atoms with Gasteiger partial charge in [-0.3, -0.25) is 0 Å². The molecule has 0 spiro atoms. The van der Waals surface area contributed by atoms with Gasteiger partial charge in [0.1, 0.15) is 0 Å². The predicted molar refractivity (Wildman–Crippen MR) is 76.7 cm³/mol. The van der Waals surface area contributed by atoms with Crippen LogP contribution in [0.3, 0.4) is 0 Å². The molecule has 0 aliphatic carbocycles. The Hall–Kier alpha value is -0.405. The van der Waals surface area contributed by atoms with Crippen molar-refractivity contribution in [2.75, 3.05) is 0 Å². The van der Waals surface area contributed by atoms with E-state index in [-0.39, 0.29) is 48.9 Å². The van der Waals surface area contributed by atoms with Gasteiger partial charge in [-0.25, -0.2) is 11.1 Å². The normalized spacial score (nSPS) is 17.3. The Morgan fingerprint density at radius 2 is 1.14 bits per heavy atom. The molecular weight excluding hydrogens is 246 g/mol. The van der Waals surface area contributed by atoms with Gasteiger partial charge < -0.3 is 4.74 Å². The molecule has 2 aromatic rings. The van der Waals surface area contributed by atoms with Gasteiger partial charge in [-0.15, -0.1) is 35.4 Å². The zero-order chi connectivity index (χ0) is 13.7. The summed E-state index contributed by atoms with van der Waals surface area (Å²) >= 11 is 0. The van der Waals surface area contributed by atoms with Crippen molar-refractivity contribution in [1.82, 2.24) is 0 Å². The van der Waals surface area contributed by atoms with Crippen molar-refractivity contribution in [3.05, 3.63) is 59.7 Å². The average Bonchev–Trinajstić information content (AvgIpc) is 2.43.